The van der Waals surface area contributed by atoms with E-state index in [2.05, 4.69) is 19.1 Å². The van der Waals surface area contributed by atoms with Crippen LogP contribution in [0.25, 0.3) is 0 Å². The van der Waals surface area contributed by atoms with Gasteiger partial charge in [0.2, 0.25) is 0 Å². The molecule has 0 unspecified atom stereocenters. The predicted octanol–water partition coefficient (Wildman–Crippen LogP) is 4.91. The largest absolute Gasteiger partial charge is 0.394 e. The van der Waals surface area contributed by atoms with Gasteiger partial charge in [0.1, 0.15) is 24.4 Å². The molecular formula is C25H48O5. The Labute approximate surface area is 184 Å². The average molecular weight is 429 g/mol. The molecule has 4 atom stereocenters. The molecule has 5 nitrogen and oxygen atoms in total. The van der Waals surface area contributed by atoms with Crippen LogP contribution in [0, 0.1) is 0 Å². The molecule has 1 aliphatic rings. The van der Waals surface area contributed by atoms with Gasteiger partial charge >= 0.3 is 0 Å². The Balaban J connectivity index is 1.83. The van der Waals surface area contributed by atoms with Crippen LogP contribution in [0.1, 0.15) is 103 Å². The number of aliphatic hydroxyl groups excluding tert-OH is 3. The number of ether oxygens (including phenoxy) is 2. The summed E-state index contributed by atoms with van der Waals surface area (Å²) in [7, 11) is 0. The van der Waals surface area contributed by atoms with Crippen LogP contribution >= 0.6 is 0 Å². The SMILES string of the molecule is CCC/C=C/CCCCCCCCCCCCCCO[C@H]1[C@H](O)[C@@H](O)CO[C@@H]1CO. The number of aliphatic hydroxyl groups is 3. The van der Waals surface area contributed by atoms with Crippen molar-refractivity contribution in [1.82, 2.24) is 0 Å². The van der Waals surface area contributed by atoms with E-state index in [0.29, 0.717) is 6.61 Å². The fraction of sp³-hybridized carbons (Fsp3) is 0.920. The van der Waals surface area contributed by atoms with Gasteiger partial charge in [-0.1, -0.05) is 89.7 Å². The van der Waals surface area contributed by atoms with Crippen molar-refractivity contribution in [3.63, 3.8) is 0 Å². The molecule has 30 heavy (non-hydrogen) atoms. The minimum atomic E-state index is -0.987. The van der Waals surface area contributed by atoms with Gasteiger partial charge in [-0.05, 0) is 25.7 Å². The maximum Gasteiger partial charge on any atom is 0.114 e. The first kappa shape index (κ1) is 27.6. The standard InChI is InChI=1S/C25H48O5/c1-2-3-4-5-6-7-8-9-10-11-12-13-14-15-16-17-18-19-29-25-23(20-26)30-21-22(27)24(25)28/h4-5,22-28H,2-3,6-21H2,1H3/b5-4+/t22-,23+,24+,25+/m0/s1. The van der Waals surface area contributed by atoms with E-state index in [4.69, 9.17) is 9.47 Å². The minimum absolute atomic E-state index is 0.0446. The van der Waals surface area contributed by atoms with Crippen LogP contribution in [-0.2, 0) is 9.47 Å². The van der Waals surface area contributed by atoms with E-state index in [1.165, 1.54) is 83.5 Å². The molecule has 0 saturated carbocycles. The molecule has 0 spiro atoms. The molecule has 0 aliphatic carbocycles. The molecule has 1 fully saturated rings. The van der Waals surface area contributed by atoms with Crippen molar-refractivity contribution < 1.29 is 24.8 Å². The zero-order chi connectivity index (χ0) is 21.9. The molecule has 3 N–H and O–H groups in total. The van der Waals surface area contributed by atoms with Gasteiger partial charge in [-0.15, -0.1) is 0 Å². The lowest BCUT2D eigenvalue weighted by molar-refractivity contribution is -0.211. The number of rotatable bonds is 19. The van der Waals surface area contributed by atoms with Crippen LogP contribution in [0.5, 0.6) is 0 Å². The van der Waals surface area contributed by atoms with Gasteiger partial charge in [0.05, 0.1) is 13.2 Å². The van der Waals surface area contributed by atoms with E-state index in [0.717, 1.165) is 12.8 Å². The third kappa shape index (κ3) is 13.1. The van der Waals surface area contributed by atoms with E-state index in [9.17, 15) is 15.3 Å². The molecule has 0 bridgehead atoms. The lowest BCUT2D eigenvalue weighted by Crippen LogP contribution is -2.55. The van der Waals surface area contributed by atoms with Gasteiger partial charge in [-0.3, -0.25) is 0 Å². The maximum atomic E-state index is 10.0. The summed E-state index contributed by atoms with van der Waals surface area (Å²) >= 11 is 0. The van der Waals surface area contributed by atoms with E-state index in [-0.39, 0.29) is 13.2 Å². The van der Waals surface area contributed by atoms with Crippen molar-refractivity contribution in [2.75, 3.05) is 19.8 Å². The lowest BCUT2D eigenvalue weighted by Gasteiger charge is -2.37. The van der Waals surface area contributed by atoms with Gasteiger partial charge in [0, 0.05) is 6.61 Å². The summed E-state index contributed by atoms with van der Waals surface area (Å²) in [4.78, 5) is 0. The van der Waals surface area contributed by atoms with Gasteiger partial charge in [-0.25, -0.2) is 0 Å². The summed E-state index contributed by atoms with van der Waals surface area (Å²) in [5.74, 6) is 0. The molecule has 178 valence electrons. The first-order chi connectivity index (χ1) is 14.7. The summed E-state index contributed by atoms with van der Waals surface area (Å²) in [6.07, 6.45) is 20.7. The van der Waals surface area contributed by atoms with Crippen molar-refractivity contribution in [2.45, 2.75) is 128 Å². The minimum Gasteiger partial charge on any atom is -0.394 e. The Kier molecular flexibility index (Phi) is 17.7. The quantitative estimate of drug-likeness (QED) is 0.201. The first-order valence-corrected chi connectivity index (χ1v) is 12.6. The Morgan fingerprint density at radius 3 is 1.90 bits per heavy atom. The molecular weight excluding hydrogens is 380 g/mol. The molecule has 1 rings (SSSR count). The van der Waals surface area contributed by atoms with Gasteiger partial charge in [0.25, 0.3) is 0 Å². The second kappa shape index (κ2) is 19.2. The summed E-state index contributed by atoms with van der Waals surface area (Å²) in [5, 5.41) is 29.0. The van der Waals surface area contributed by atoms with Gasteiger partial charge in [0.15, 0.2) is 0 Å². The van der Waals surface area contributed by atoms with E-state index in [1.807, 2.05) is 0 Å². The van der Waals surface area contributed by atoms with Crippen molar-refractivity contribution in [2.24, 2.45) is 0 Å². The monoisotopic (exact) mass is 428 g/mol. The molecule has 1 aliphatic heterocycles. The van der Waals surface area contributed by atoms with Gasteiger partial charge < -0.3 is 24.8 Å². The third-order valence-corrected chi connectivity index (χ3v) is 5.96. The lowest BCUT2D eigenvalue weighted by atomic mass is 10.0. The van der Waals surface area contributed by atoms with Crippen LogP contribution in [0.2, 0.25) is 0 Å². The fourth-order valence-electron chi connectivity index (χ4n) is 3.97. The molecule has 5 heteroatoms. The van der Waals surface area contributed by atoms with Gasteiger partial charge in [-0.2, -0.15) is 0 Å². The zero-order valence-electron chi connectivity index (χ0n) is 19.4. The Morgan fingerprint density at radius 1 is 0.800 bits per heavy atom. The Hall–Kier alpha value is -0.460. The molecule has 1 heterocycles. The highest BCUT2D eigenvalue weighted by Gasteiger charge is 2.39. The summed E-state index contributed by atoms with van der Waals surface area (Å²) in [6, 6.07) is 0. The van der Waals surface area contributed by atoms with Crippen LogP contribution in [-0.4, -0.2) is 59.6 Å². The van der Waals surface area contributed by atoms with Crippen molar-refractivity contribution in [3.8, 4) is 0 Å². The van der Waals surface area contributed by atoms with E-state index in [1.54, 1.807) is 0 Å². The number of hydrogen-bond acceptors (Lipinski definition) is 5. The summed E-state index contributed by atoms with van der Waals surface area (Å²) < 4.78 is 11.0. The smallest absolute Gasteiger partial charge is 0.114 e. The Morgan fingerprint density at radius 2 is 1.33 bits per heavy atom. The number of allylic oxidation sites excluding steroid dienone is 2. The van der Waals surface area contributed by atoms with E-state index < -0.39 is 24.4 Å². The molecule has 0 aromatic carbocycles. The normalized spacial score (nSPS) is 24.7. The highest BCUT2D eigenvalue weighted by molar-refractivity contribution is 4.87. The van der Waals surface area contributed by atoms with Crippen LogP contribution in [0.15, 0.2) is 12.2 Å². The average Bonchev–Trinajstić information content (AvgIpc) is 2.75. The summed E-state index contributed by atoms with van der Waals surface area (Å²) in [5.41, 5.74) is 0. The maximum absolute atomic E-state index is 10.0. The fourth-order valence-corrected chi connectivity index (χ4v) is 3.97. The zero-order valence-corrected chi connectivity index (χ0v) is 19.4. The first-order valence-electron chi connectivity index (χ1n) is 12.6. The van der Waals surface area contributed by atoms with Crippen LogP contribution < -0.4 is 0 Å². The Bertz CT molecular complexity index is 399. The number of unbranched alkanes of at least 4 members (excludes halogenated alkanes) is 13. The van der Waals surface area contributed by atoms with Crippen LogP contribution in [0.4, 0.5) is 0 Å². The topological polar surface area (TPSA) is 79.2 Å². The predicted molar refractivity (Wildman–Crippen MR) is 123 cm³/mol. The van der Waals surface area contributed by atoms with Crippen molar-refractivity contribution >= 4 is 0 Å². The molecule has 0 aromatic heterocycles. The third-order valence-electron chi connectivity index (χ3n) is 5.96. The van der Waals surface area contributed by atoms with Crippen molar-refractivity contribution in [1.29, 1.82) is 0 Å². The second-order valence-corrected chi connectivity index (χ2v) is 8.74. The number of hydrogen-bond donors (Lipinski definition) is 3. The highest BCUT2D eigenvalue weighted by Crippen LogP contribution is 2.19. The molecule has 0 radical (unpaired) electrons. The highest BCUT2D eigenvalue weighted by atomic mass is 16.6. The van der Waals surface area contributed by atoms with E-state index >= 15 is 0 Å². The second-order valence-electron chi connectivity index (χ2n) is 8.74. The summed E-state index contributed by atoms with van der Waals surface area (Å²) in [6.45, 7) is 2.60. The van der Waals surface area contributed by atoms with Crippen LogP contribution in [0.3, 0.4) is 0 Å². The van der Waals surface area contributed by atoms with Crippen molar-refractivity contribution in [3.05, 3.63) is 12.2 Å². The molecule has 0 amide bonds. The molecule has 0 aromatic rings. The molecule has 1 saturated heterocycles.